The summed E-state index contributed by atoms with van der Waals surface area (Å²) < 4.78 is 0. The summed E-state index contributed by atoms with van der Waals surface area (Å²) in [7, 11) is 0. The normalized spacial score (nSPS) is 14.2. The predicted molar refractivity (Wildman–Crippen MR) is 211 cm³/mol. The molecule has 0 saturated carbocycles. The van der Waals surface area contributed by atoms with Crippen molar-refractivity contribution in [2.24, 2.45) is 0 Å². The molecule has 2 aliphatic carbocycles. The summed E-state index contributed by atoms with van der Waals surface area (Å²) in [5.41, 5.74) is 16.8. The van der Waals surface area contributed by atoms with E-state index in [-0.39, 0.29) is 0 Å². The van der Waals surface area contributed by atoms with Gasteiger partial charge in [0, 0.05) is 11.4 Å². The molecule has 0 unspecified atom stereocenters. The molecule has 0 bridgehead atoms. The predicted octanol–water partition coefficient (Wildman–Crippen LogP) is 12.2. The molecule has 0 fully saturated rings. The minimum atomic E-state index is -0.400. The standard InChI is InChI=1S/C50H35N/c1-5-17-35(18-6-1)49(36-19-7-2-8-20-36)45-27-15-13-25-41(45)43-33-39(29-31-47(43)49)51-40-30-32-48-44(34-40)42-26-14-16-28-46(42)50(48,37-21-9-3-10-22-37)38-23-11-4-12-24-38/h1-34,51H. The van der Waals surface area contributed by atoms with Crippen LogP contribution in [0, 0.1) is 0 Å². The first kappa shape index (κ1) is 29.5. The molecule has 8 aromatic carbocycles. The number of hydrogen-bond donors (Lipinski definition) is 1. The SMILES string of the molecule is c1ccc(C2(c3ccccc3)c3ccccc3-c3cc(Nc4ccc5c(c4)-c4ccccc4C5(c4ccccc4)c4ccccc4)ccc32)cc1. The molecule has 1 nitrogen and oxygen atoms in total. The molecule has 8 aromatic rings. The third kappa shape index (κ3) is 4.22. The van der Waals surface area contributed by atoms with Crippen molar-refractivity contribution in [3.05, 3.63) is 251 Å². The highest BCUT2D eigenvalue weighted by Crippen LogP contribution is 2.58. The van der Waals surface area contributed by atoms with Gasteiger partial charge in [-0.05, 0) is 91.0 Å². The minimum Gasteiger partial charge on any atom is -0.355 e. The Morgan fingerprint density at radius 2 is 0.549 bits per heavy atom. The van der Waals surface area contributed by atoms with Crippen molar-refractivity contribution in [3.63, 3.8) is 0 Å². The first-order valence-corrected chi connectivity index (χ1v) is 17.8. The zero-order valence-corrected chi connectivity index (χ0v) is 28.1. The van der Waals surface area contributed by atoms with Crippen molar-refractivity contribution in [2.75, 3.05) is 5.32 Å². The quantitative estimate of drug-likeness (QED) is 0.189. The summed E-state index contributed by atoms with van der Waals surface area (Å²) in [5, 5.41) is 3.84. The van der Waals surface area contributed by atoms with Crippen LogP contribution >= 0.6 is 0 Å². The van der Waals surface area contributed by atoms with E-state index in [2.05, 4.69) is 212 Å². The van der Waals surface area contributed by atoms with Crippen molar-refractivity contribution >= 4 is 11.4 Å². The van der Waals surface area contributed by atoms with E-state index in [9.17, 15) is 0 Å². The van der Waals surface area contributed by atoms with Crippen LogP contribution in [0.1, 0.15) is 44.5 Å². The summed E-state index contributed by atoms with van der Waals surface area (Å²) in [6, 6.07) is 75.7. The average Bonchev–Trinajstić information content (AvgIpc) is 3.67. The van der Waals surface area contributed by atoms with Crippen LogP contribution in [0.3, 0.4) is 0 Å². The Morgan fingerprint density at radius 1 is 0.255 bits per heavy atom. The third-order valence-electron chi connectivity index (χ3n) is 11.2. The number of benzene rings is 8. The number of fused-ring (bicyclic) bond motifs is 6. The fourth-order valence-electron chi connectivity index (χ4n) is 9.22. The van der Waals surface area contributed by atoms with Crippen molar-refractivity contribution < 1.29 is 0 Å². The molecule has 0 saturated heterocycles. The van der Waals surface area contributed by atoms with Gasteiger partial charge in [0.25, 0.3) is 0 Å². The van der Waals surface area contributed by atoms with Crippen LogP contribution in [0.2, 0.25) is 0 Å². The summed E-state index contributed by atoms with van der Waals surface area (Å²) in [4.78, 5) is 0. The second kappa shape index (κ2) is 11.6. The molecule has 0 spiro atoms. The van der Waals surface area contributed by atoms with Gasteiger partial charge in [0.15, 0.2) is 0 Å². The molecule has 10 rings (SSSR count). The topological polar surface area (TPSA) is 12.0 Å². The highest BCUT2D eigenvalue weighted by Gasteiger charge is 2.47. The molecular formula is C50H35N. The Hall–Kier alpha value is -6.44. The van der Waals surface area contributed by atoms with E-state index < -0.39 is 10.8 Å². The zero-order valence-electron chi connectivity index (χ0n) is 28.1. The number of rotatable bonds is 6. The maximum absolute atomic E-state index is 3.84. The molecule has 0 heterocycles. The third-order valence-corrected chi connectivity index (χ3v) is 11.2. The molecule has 0 atom stereocenters. The Kier molecular flexibility index (Phi) is 6.69. The Morgan fingerprint density at radius 3 is 0.902 bits per heavy atom. The van der Waals surface area contributed by atoms with Crippen LogP contribution < -0.4 is 5.32 Å². The van der Waals surface area contributed by atoms with Crippen LogP contribution in [-0.4, -0.2) is 0 Å². The lowest BCUT2D eigenvalue weighted by atomic mass is 9.68. The molecule has 0 aromatic heterocycles. The summed E-state index contributed by atoms with van der Waals surface area (Å²) in [6.45, 7) is 0. The molecule has 0 amide bonds. The fourth-order valence-corrected chi connectivity index (χ4v) is 9.22. The largest absolute Gasteiger partial charge is 0.355 e. The van der Waals surface area contributed by atoms with E-state index >= 15 is 0 Å². The van der Waals surface area contributed by atoms with E-state index in [1.165, 1.54) is 66.8 Å². The summed E-state index contributed by atoms with van der Waals surface area (Å²) in [6.07, 6.45) is 0. The Labute approximate surface area is 299 Å². The van der Waals surface area contributed by atoms with E-state index in [1.807, 2.05) is 0 Å². The molecule has 1 N–H and O–H groups in total. The van der Waals surface area contributed by atoms with Gasteiger partial charge >= 0.3 is 0 Å². The molecule has 1 heteroatoms. The molecule has 0 aliphatic heterocycles. The second-order valence-corrected chi connectivity index (χ2v) is 13.7. The molecule has 0 radical (unpaired) electrons. The van der Waals surface area contributed by atoms with E-state index in [0.29, 0.717) is 0 Å². The number of anilines is 2. The first-order chi connectivity index (χ1) is 25.3. The van der Waals surface area contributed by atoms with Crippen LogP contribution in [0.15, 0.2) is 206 Å². The van der Waals surface area contributed by atoms with E-state index in [0.717, 1.165) is 11.4 Å². The van der Waals surface area contributed by atoms with Gasteiger partial charge in [0.2, 0.25) is 0 Å². The Balaban J connectivity index is 1.12. The van der Waals surface area contributed by atoms with Gasteiger partial charge in [0.1, 0.15) is 0 Å². The van der Waals surface area contributed by atoms with E-state index in [1.54, 1.807) is 0 Å². The fraction of sp³-hybridized carbons (Fsp3) is 0.0400. The average molecular weight is 650 g/mol. The van der Waals surface area contributed by atoms with Crippen molar-refractivity contribution in [2.45, 2.75) is 10.8 Å². The highest BCUT2D eigenvalue weighted by atomic mass is 14.9. The monoisotopic (exact) mass is 649 g/mol. The lowest BCUT2D eigenvalue weighted by Gasteiger charge is -2.34. The lowest BCUT2D eigenvalue weighted by Crippen LogP contribution is -2.28. The lowest BCUT2D eigenvalue weighted by molar-refractivity contribution is 0.768. The smallest absolute Gasteiger partial charge is 0.0713 e. The minimum absolute atomic E-state index is 0.400. The first-order valence-electron chi connectivity index (χ1n) is 17.8. The van der Waals surface area contributed by atoms with Gasteiger partial charge in [0.05, 0.1) is 10.8 Å². The van der Waals surface area contributed by atoms with Crippen LogP contribution in [0.25, 0.3) is 22.3 Å². The summed E-state index contributed by atoms with van der Waals surface area (Å²) >= 11 is 0. The van der Waals surface area contributed by atoms with Gasteiger partial charge in [-0.3, -0.25) is 0 Å². The van der Waals surface area contributed by atoms with Crippen molar-refractivity contribution in [3.8, 4) is 22.3 Å². The van der Waals surface area contributed by atoms with Crippen molar-refractivity contribution in [1.82, 2.24) is 0 Å². The van der Waals surface area contributed by atoms with Gasteiger partial charge < -0.3 is 5.32 Å². The molecular weight excluding hydrogens is 615 g/mol. The maximum atomic E-state index is 3.84. The van der Waals surface area contributed by atoms with Gasteiger partial charge in [-0.1, -0.05) is 182 Å². The maximum Gasteiger partial charge on any atom is 0.0713 e. The van der Waals surface area contributed by atoms with Crippen LogP contribution in [-0.2, 0) is 10.8 Å². The van der Waals surface area contributed by atoms with Crippen molar-refractivity contribution in [1.29, 1.82) is 0 Å². The van der Waals surface area contributed by atoms with Crippen LogP contribution in [0.4, 0.5) is 11.4 Å². The van der Waals surface area contributed by atoms with Crippen LogP contribution in [0.5, 0.6) is 0 Å². The van der Waals surface area contributed by atoms with Gasteiger partial charge in [-0.25, -0.2) is 0 Å². The Bertz CT molecular complexity index is 2280. The molecule has 240 valence electrons. The van der Waals surface area contributed by atoms with E-state index in [4.69, 9.17) is 0 Å². The number of nitrogens with one attached hydrogen (secondary N) is 1. The summed E-state index contributed by atoms with van der Waals surface area (Å²) in [5.74, 6) is 0. The number of hydrogen-bond acceptors (Lipinski definition) is 1. The molecule has 2 aliphatic rings. The van der Waals surface area contributed by atoms with Gasteiger partial charge in [-0.2, -0.15) is 0 Å². The zero-order chi connectivity index (χ0) is 33.8. The highest BCUT2D eigenvalue weighted by molar-refractivity contribution is 5.90. The molecule has 51 heavy (non-hydrogen) atoms. The van der Waals surface area contributed by atoms with Gasteiger partial charge in [-0.15, -0.1) is 0 Å². The second-order valence-electron chi connectivity index (χ2n) is 13.7.